The van der Waals surface area contributed by atoms with E-state index in [2.05, 4.69) is 15.2 Å². The second kappa shape index (κ2) is 9.21. The Balaban J connectivity index is 1.23. The second-order valence-corrected chi connectivity index (χ2v) is 8.23. The molecule has 1 fully saturated rings. The number of thiazole rings is 1. The Kier molecular flexibility index (Phi) is 6.40. The van der Waals surface area contributed by atoms with Crippen molar-refractivity contribution in [3.8, 4) is 11.5 Å². The molecule has 0 bridgehead atoms. The fourth-order valence-electron chi connectivity index (χ4n) is 3.39. The highest BCUT2D eigenvalue weighted by molar-refractivity contribution is 7.09. The summed E-state index contributed by atoms with van der Waals surface area (Å²) in [6.45, 7) is 3.84. The highest BCUT2D eigenvalue weighted by Gasteiger charge is 2.30. The molecule has 1 saturated heterocycles. The molecule has 0 unspecified atom stereocenters. The molecule has 6 nitrogen and oxygen atoms in total. The van der Waals surface area contributed by atoms with E-state index in [-0.39, 0.29) is 18.1 Å². The third kappa shape index (κ3) is 5.72. The molecule has 1 amide bonds. The molecule has 1 N–H and O–H groups in total. The summed E-state index contributed by atoms with van der Waals surface area (Å²) >= 11 is 1.59. The topological polar surface area (TPSA) is 61.6 Å². The van der Waals surface area contributed by atoms with Gasteiger partial charge in [-0.1, -0.05) is 6.07 Å². The molecule has 2 aromatic heterocycles. The number of halogens is 3. The van der Waals surface area contributed by atoms with Gasteiger partial charge in [-0.25, -0.2) is 4.98 Å². The number of alkyl halides is 3. The molecule has 1 aliphatic heterocycles. The van der Waals surface area contributed by atoms with Crippen LogP contribution >= 0.6 is 11.3 Å². The number of benzene rings is 1. The first-order valence-corrected chi connectivity index (χ1v) is 10.6. The van der Waals surface area contributed by atoms with Crippen molar-refractivity contribution in [3.05, 3.63) is 58.6 Å². The summed E-state index contributed by atoms with van der Waals surface area (Å²) in [7, 11) is 0. The molecule has 4 rings (SSSR count). The number of carbonyl (C=O) groups excluding carboxylic acids is 1. The Morgan fingerprint density at radius 2 is 1.90 bits per heavy atom. The maximum absolute atomic E-state index is 12.8. The SMILES string of the molecule is O=C(CN1CCN(Cc2nc(-c3ccco3)cs2)CC1)Nc1cccc(C(F)(F)F)c1. The lowest BCUT2D eigenvalue weighted by Gasteiger charge is -2.33. The van der Waals surface area contributed by atoms with Gasteiger partial charge in [0.25, 0.3) is 0 Å². The van der Waals surface area contributed by atoms with Crippen molar-refractivity contribution in [2.45, 2.75) is 12.7 Å². The van der Waals surface area contributed by atoms with E-state index < -0.39 is 11.7 Å². The van der Waals surface area contributed by atoms with Gasteiger partial charge in [-0.2, -0.15) is 13.2 Å². The Morgan fingerprint density at radius 1 is 1.13 bits per heavy atom. The summed E-state index contributed by atoms with van der Waals surface area (Å²) in [4.78, 5) is 21.1. The van der Waals surface area contributed by atoms with Crippen LogP contribution in [0.4, 0.5) is 18.9 Å². The van der Waals surface area contributed by atoms with Crippen LogP contribution < -0.4 is 5.32 Å². The first-order valence-electron chi connectivity index (χ1n) is 9.77. The van der Waals surface area contributed by atoms with Crippen LogP contribution in [0.15, 0.2) is 52.5 Å². The summed E-state index contributed by atoms with van der Waals surface area (Å²) in [5.41, 5.74) is 0.195. The zero-order chi connectivity index (χ0) is 21.8. The first kappa shape index (κ1) is 21.5. The van der Waals surface area contributed by atoms with Crippen molar-refractivity contribution in [1.82, 2.24) is 14.8 Å². The lowest BCUT2D eigenvalue weighted by Crippen LogP contribution is -2.48. The molecule has 0 atom stereocenters. The van der Waals surface area contributed by atoms with Gasteiger partial charge in [-0.15, -0.1) is 11.3 Å². The van der Waals surface area contributed by atoms with Gasteiger partial charge < -0.3 is 9.73 Å². The number of furan rings is 1. The fourth-order valence-corrected chi connectivity index (χ4v) is 4.22. The van der Waals surface area contributed by atoms with Crippen LogP contribution in [0.2, 0.25) is 0 Å². The molecular weight excluding hydrogens is 429 g/mol. The Bertz CT molecular complexity index is 1010. The predicted molar refractivity (Wildman–Crippen MR) is 112 cm³/mol. The highest BCUT2D eigenvalue weighted by atomic mass is 32.1. The van der Waals surface area contributed by atoms with Crippen molar-refractivity contribution >= 4 is 22.9 Å². The van der Waals surface area contributed by atoms with Crippen LogP contribution in [0.3, 0.4) is 0 Å². The van der Waals surface area contributed by atoms with Gasteiger partial charge in [0.15, 0.2) is 5.76 Å². The first-order chi connectivity index (χ1) is 14.9. The number of nitrogens with zero attached hydrogens (tertiary/aromatic N) is 3. The van der Waals surface area contributed by atoms with Crippen LogP contribution in [-0.2, 0) is 17.5 Å². The largest absolute Gasteiger partial charge is 0.463 e. The zero-order valence-corrected chi connectivity index (χ0v) is 17.4. The van der Waals surface area contributed by atoms with E-state index in [9.17, 15) is 18.0 Å². The molecule has 3 aromatic rings. The van der Waals surface area contributed by atoms with E-state index in [0.717, 1.165) is 48.2 Å². The minimum Gasteiger partial charge on any atom is -0.463 e. The molecule has 0 saturated carbocycles. The van der Waals surface area contributed by atoms with Gasteiger partial charge in [-0.05, 0) is 30.3 Å². The predicted octanol–water partition coefficient (Wildman–Crippen LogP) is 4.18. The summed E-state index contributed by atoms with van der Waals surface area (Å²) in [6, 6.07) is 8.37. The maximum Gasteiger partial charge on any atom is 0.416 e. The third-order valence-electron chi connectivity index (χ3n) is 4.99. The second-order valence-electron chi connectivity index (χ2n) is 7.28. The summed E-state index contributed by atoms with van der Waals surface area (Å²) in [5.74, 6) is 0.426. The van der Waals surface area contributed by atoms with Crippen molar-refractivity contribution in [2.24, 2.45) is 0 Å². The lowest BCUT2D eigenvalue weighted by molar-refractivity contribution is -0.137. The molecule has 0 aliphatic carbocycles. The van der Waals surface area contributed by atoms with Crippen molar-refractivity contribution in [3.63, 3.8) is 0 Å². The number of hydrogen-bond donors (Lipinski definition) is 1. The van der Waals surface area contributed by atoms with Crippen molar-refractivity contribution in [2.75, 3.05) is 38.0 Å². The van der Waals surface area contributed by atoms with Crippen LogP contribution in [0.25, 0.3) is 11.5 Å². The number of anilines is 1. The highest BCUT2D eigenvalue weighted by Crippen LogP contribution is 2.30. The monoisotopic (exact) mass is 450 g/mol. The molecular formula is C21H21F3N4O2S. The number of aromatic nitrogens is 1. The average Bonchev–Trinajstić information content (AvgIpc) is 3.41. The molecule has 1 aromatic carbocycles. The number of rotatable bonds is 6. The van der Waals surface area contributed by atoms with E-state index in [1.54, 1.807) is 17.6 Å². The summed E-state index contributed by atoms with van der Waals surface area (Å²) in [6.07, 6.45) is -2.82. The molecule has 1 aliphatic rings. The summed E-state index contributed by atoms with van der Waals surface area (Å²) in [5, 5.41) is 5.53. The molecule has 10 heteroatoms. The molecule has 31 heavy (non-hydrogen) atoms. The van der Waals surface area contributed by atoms with E-state index >= 15 is 0 Å². The van der Waals surface area contributed by atoms with Gasteiger partial charge in [0.1, 0.15) is 10.7 Å². The molecule has 3 heterocycles. The van der Waals surface area contributed by atoms with E-state index in [0.29, 0.717) is 13.1 Å². The maximum atomic E-state index is 12.8. The van der Waals surface area contributed by atoms with E-state index in [1.165, 1.54) is 12.1 Å². The smallest absolute Gasteiger partial charge is 0.416 e. The fraction of sp³-hybridized carbons (Fsp3) is 0.333. The standard InChI is InChI=1S/C21H21F3N4O2S/c22-21(23,24)15-3-1-4-16(11-15)25-19(29)12-27-6-8-28(9-7-27)13-20-26-17(14-31-20)18-5-2-10-30-18/h1-5,10-11,14H,6-9,12-13H2,(H,25,29). The van der Waals surface area contributed by atoms with Crippen LogP contribution in [0, 0.1) is 0 Å². The van der Waals surface area contributed by atoms with Crippen LogP contribution in [-0.4, -0.2) is 53.4 Å². The quantitative estimate of drug-likeness (QED) is 0.611. The number of piperazine rings is 1. The van der Waals surface area contributed by atoms with Gasteiger partial charge in [0, 0.05) is 37.2 Å². The lowest BCUT2D eigenvalue weighted by atomic mass is 10.2. The van der Waals surface area contributed by atoms with Crippen LogP contribution in [0.1, 0.15) is 10.6 Å². The van der Waals surface area contributed by atoms with Gasteiger partial charge >= 0.3 is 6.18 Å². The van der Waals surface area contributed by atoms with E-state index in [4.69, 9.17) is 4.42 Å². The Hall–Kier alpha value is -2.69. The van der Waals surface area contributed by atoms with Crippen molar-refractivity contribution < 1.29 is 22.4 Å². The zero-order valence-electron chi connectivity index (χ0n) is 16.6. The van der Waals surface area contributed by atoms with Gasteiger partial charge in [0.2, 0.25) is 5.91 Å². The summed E-state index contributed by atoms with van der Waals surface area (Å²) < 4.78 is 43.8. The Morgan fingerprint density at radius 3 is 2.61 bits per heavy atom. The number of amides is 1. The minimum atomic E-state index is -4.44. The number of hydrogen-bond acceptors (Lipinski definition) is 6. The van der Waals surface area contributed by atoms with Gasteiger partial charge in [-0.3, -0.25) is 14.6 Å². The van der Waals surface area contributed by atoms with Gasteiger partial charge in [0.05, 0.1) is 24.9 Å². The molecule has 0 spiro atoms. The molecule has 164 valence electrons. The van der Waals surface area contributed by atoms with E-state index in [1.807, 2.05) is 22.4 Å². The average molecular weight is 450 g/mol. The normalized spacial score (nSPS) is 15.8. The number of nitrogens with one attached hydrogen (secondary N) is 1. The Labute approximate surface area is 181 Å². The molecule has 0 radical (unpaired) electrons. The van der Waals surface area contributed by atoms with Crippen molar-refractivity contribution in [1.29, 1.82) is 0 Å². The third-order valence-corrected chi connectivity index (χ3v) is 5.82. The number of carbonyl (C=O) groups is 1. The minimum absolute atomic E-state index is 0.143. The van der Waals surface area contributed by atoms with Crippen LogP contribution in [0.5, 0.6) is 0 Å².